The van der Waals surface area contributed by atoms with E-state index >= 15 is 0 Å². The Kier molecular flexibility index (Phi) is 11.3. The van der Waals surface area contributed by atoms with E-state index in [2.05, 4.69) is 5.32 Å². The molecule has 1 atom stereocenters. The van der Waals surface area contributed by atoms with Gasteiger partial charge in [-0.15, -0.1) is 0 Å². The Morgan fingerprint density at radius 3 is 2.16 bits per heavy atom. The van der Waals surface area contributed by atoms with Gasteiger partial charge in [-0.05, 0) is 79.1 Å². The summed E-state index contributed by atoms with van der Waals surface area (Å²) < 4.78 is 29.2. The lowest BCUT2D eigenvalue weighted by molar-refractivity contribution is -0.140. The van der Waals surface area contributed by atoms with Crippen LogP contribution in [0.3, 0.4) is 0 Å². The zero-order chi connectivity index (χ0) is 31.9. The first-order valence-electron chi connectivity index (χ1n) is 13.9. The SMILES string of the molecule is CCNC(=O)[C@@H](Cc1ccccc1)N(Cc1ccc(Cl)c(Cl)c1)C(=O)CN(c1cccc(C)c1)S(=O)(=O)c1ccc(Cl)cc1. The molecule has 44 heavy (non-hydrogen) atoms. The summed E-state index contributed by atoms with van der Waals surface area (Å²) in [7, 11) is -4.23. The van der Waals surface area contributed by atoms with Crippen LogP contribution in [0.15, 0.2) is 102 Å². The van der Waals surface area contributed by atoms with Gasteiger partial charge in [0.05, 0.1) is 20.6 Å². The maximum absolute atomic E-state index is 14.4. The molecule has 1 N–H and O–H groups in total. The third-order valence-corrected chi connectivity index (χ3v) is 9.71. The number of hydrogen-bond donors (Lipinski definition) is 1. The molecule has 11 heteroatoms. The van der Waals surface area contributed by atoms with E-state index in [9.17, 15) is 18.0 Å². The van der Waals surface area contributed by atoms with Crippen LogP contribution in [-0.2, 0) is 32.6 Å². The fourth-order valence-electron chi connectivity index (χ4n) is 4.73. The summed E-state index contributed by atoms with van der Waals surface area (Å²) in [6, 6.07) is 25.9. The number of likely N-dealkylation sites (N-methyl/N-ethyl adjacent to an activating group) is 1. The molecule has 0 spiro atoms. The number of sulfonamides is 1. The van der Waals surface area contributed by atoms with Crippen LogP contribution in [0.25, 0.3) is 0 Å². The molecular formula is C33H32Cl3N3O4S. The molecule has 0 fully saturated rings. The van der Waals surface area contributed by atoms with Gasteiger partial charge in [-0.2, -0.15) is 0 Å². The Balaban J connectivity index is 1.81. The van der Waals surface area contributed by atoms with Gasteiger partial charge in [0.2, 0.25) is 11.8 Å². The number of benzene rings is 4. The van der Waals surface area contributed by atoms with Crippen molar-refractivity contribution in [2.45, 2.75) is 37.8 Å². The van der Waals surface area contributed by atoms with Gasteiger partial charge in [0.25, 0.3) is 10.0 Å². The number of carbonyl (C=O) groups excluding carboxylic acids is 2. The number of carbonyl (C=O) groups is 2. The van der Waals surface area contributed by atoms with Gasteiger partial charge in [0, 0.05) is 24.5 Å². The van der Waals surface area contributed by atoms with Crippen molar-refractivity contribution in [3.05, 3.63) is 129 Å². The van der Waals surface area contributed by atoms with Crippen LogP contribution in [0.4, 0.5) is 5.69 Å². The number of hydrogen-bond acceptors (Lipinski definition) is 4. The maximum Gasteiger partial charge on any atom is 0.264 e. The number of rotatable bonds is 12. The molecule has 0 bridgehead atoms. The van der Waals surface area contributed by atoms with Crippen molar-refractivity contribution < 1.29 is 18.0 Å². The Morgan fingerprint density at radius 1 is 0.818 bits per heavy atom. The molecule has 0 aromatic heterocycles. The topological polar surface area (TPSA) is 86.8 Å². The summed E-state index contributed by atoms with van der Waals surface area (Å²) in [5, 5.41) is 3.85. The molecule has 0 aliphatic rings. The van der Waals surface area contributed by atoms with Gasteiger partial charge in [-0.3, -0.25) is 13.9 Å². The average molecular weight is 673 g/mol. The van der Waals surface area contributed by atoms with Gasteiger partial charge in [-0.25, -0.2) is 8.42 Å². The Labute approximate surface area is 273 Å². The van der Waals surface area contributed by atoms with Gasteiger partial charge in [-0.1, -0.05) is 83.3 Å². The minimum Gasteiger partial charge on any atom is -0.355 e. The molecule has 0 unspecified atom stereocenters. The lowest BCUT2D eigenvalue weighted by atomic mass is 10.0. The van der Waals surface area contributed by atoms with E-state index < -0.39 is 28.5 Å². The highest BCUT2D eigenvalue weighted by Crippen LogP contribution is 2.28. The van der Waals surface area contributed by atoms with Crippen LogP contribution in [0.5, 0.6) is 0 Å². The molecule has 0 radical (unpaired) electrons. The van der Waals surface area contributed by atoms with E-state index in [1.54, 1.807) is 43.3 Å². The fourth-order valence-corrected chi connectivity index (χ4v) is 6.58. The number of amides is 2. The van der Waals surface area contributed by atoms with Crippen molar-refractivity contribution in [2.75, 3.05) is 17.4 Å². The lowest BCUT2D eigenvalue weighted by Gasteiger charge is -2.34. The van der Waals surface area contributed by atoms with Crippen LogP contribution in [0, 0.1) is 6.92 Å². The number of aryl methyl sites for hydroxylation is 1. The third-order valence-electron chi connectivity index (χ3n) is 6.93. The normalized spacial score (nSPS) is 11.9. The molecule has 0 saturated heterocycles. The molecular weight excluding hydrogens is 641 g/mol. The lowest BCUT2D eigenvalue weighted by Crippen LogP contribution is -2.53. The molecule has 0 aliphatic heterocycles. The quantitative estimate of drug-likeness (QED) is 0.177. The maximum atomic E-state index is 14.4. The zero-order valence-corrected chi connectivity index (χ0v) is 27.3. The molecule has 4 rings (SSSR count). The molecule has 0 saturated carbocycles. The molecule has 4 aromatic carbocycles. The summed E-state index contributed by atoms with van der Waals surface area (Å²) in [6.45, 7) is 3.38. The van der Waals surface area contributed by atoms with Crippen molar-refractivity contribution in [3.63, 3.8) is 0 Å². The number of halogens is 3. The minimum absolute atomic E-state index is 0.0208. The van der Waals surface area contributed by atoms with Crippen molar-refractivity contribution in [2.24, 2.45) is 0 Å². The Morgan fingerprint density at radius 2 is 1.52 bits per heavy atom. The highest BCUT2D eigenvalue weighted by Gasteiger charge is 2.34. The summed E-state index contributed by atoms with van der Waals surface area (Å²) in [5.74, 6) is -0.949. The predicted octanol–water partition coefficient (Wildman–Crippen LogP) is 6.93. The molecule has 2 amide bonds. The van der Waals surface area contributed by atoms with Gasteiger partial charge in [0.1, 0.15) is 12.6 Å². The predicted molar refractivity (Wildman–Crippen MR) is 177 cm³/mol. The van der Waals surface area contributed by atoms with Gasteiger partial charge >= 0.3 is 0 Å². The van der Waals surface area contributed by atoms with Crippen LogP contribution >= 0.6 is 34.8 Å². The fraction of sp³-hybridized carbons (Fsp3) is 0.212. The molecule has 7 nitrogen and oxygen atoms in total. The second kappa shape index (κ2) is 14.9. The highest BCUT2D eigenvalue weighted by molar-refractivity contribution is 7.92. The zero-order valence-electron chi connectivity index (χ0n) is 24.2. The number of nitrogens with one attached hydrogen (secondary N) is 1. The number of anilines is 1. The van der Waals surface area contributed by atoms with E-state index in [0.717, 1.165) is 15.4 Å². The first-order chi connectivity index (χ1) is 21.0. The number of nitrogens with zero attached hydrogens (tertiary/aromatic N) is 2. The van der Waals surface area contributed by atoms with E-state index in [-0.39, 0.29) is 23.8 Å². The summed E-state index contributed by atoms with van der Waals surface area (Å²) in [5.41, 5.74) is 2.57. The molecule has 0 aliphatic carbocycles. The van der Waals surface area contributed by atoms with Gasteiger partial charge in [0.15, 0.2) is 0 Å². The molecule has 230 valence electrons. The standard InChI is InChI=1S/C33H32Cl3N3O4S/c1-3-37-33(41)31(20-24-9-5-4-6-10-24)38(21-25-12-17-29(35)30(36)19-25)32(40)22-39(27-11-7-8-23(2)18-27)44(42,43)28-15-13-26(34)14-16-28/h4-19,31H,3,20-22H2,1-2H3,(H,37,41)/t31-/m1/s1. The van der Waals surface area contributed by atoms with Crippen molar-refractivity contribution in [1.29, 1.82) is 0 Å². The van der Waals surface area contributed by atoms with E-state index in [1.165, 1.54) is 29.2 Å². The Hall–Kier alpha value is -3.56. The van der Waals surface area contributed by atoms with E-state index in [4.69, 9.17) is 34.8 Å². The smallest absolute Gasteiger partial charge is 0.264 e. The summed E-state index contributed by atoms with van der Waals surface area (Å²) in [4.78, 5) is 29.3. The first kappa shape index (κ1) is 33.3. The first-order valence-corrected chi connectivity index (χ1v) is 16.5. The largest absolute Gasteiger partial charge is 0.355 e. The van der Waals surface area contributed by atoms with Crippen molar-refractivity contribution in [1.82, 2.24) is 10.2 Å². The average Bonchev–Trinajstić information content (AvgIpc) is 3.00. The second-order valence-electron chi connectivity index (χ2n) is 10.2. The minimum atomic E-state index is -4.23. The van der Waals surface area contributed by atoms with Crippen molar-refractivity contribution >= 4 is 62.3 Å². The van der Waals surface area contributed by atoms with Crippen molar-refractivity contribution in [3.8, 4) is 0 Å². The monoisotopic (exact) mass is 671 g/mol. The van der Waals surface area contributed by atoms with E-state index in [0.29, 0.717) is 32.9 Å². The highest BCUT2D eigenvalue weighted by atomic mass is 35.5. The van der Waals surface area contributed by atoms with Gasteiger partial charge < -0.3 is 10.2 Å². The second-order valence-corrected chi connectivity index (χ2v) is 13.3. The summed E-state index contributed by atoms with van der Waals surface area (Å²) >= 11 is 18.5. The van der Waals surface area contributed by atoms with Crippen LogP contribution in [-0.4, -0.2) is 44.3 Å². The van der Waals surface area contributed by atoms with Crippen LogP contribution in [0.1, 0.15) is 23.6 Å². The molecule has 4 aromatic rings. The van der Waals surface area contributed by atoms with Crippen LogP contribution in [0.2, 0.25) is 15.1 Å². The van der Waals surface area contributed by atoms with E-state index in [1.807, 2.05) is 43.3 Å². The Bertz CT molecular complexity index is 1720. The third kappa shape index (κ3) is 8.33. The molecule has 0 heterocycles. The van der Waals surface area contributed by atoms with Crippen LogP contribution < -0.4 is 9.62 Å². The summed E-state index contributed by atoms with van der Waals surface area (Å²) in [6.07, 6.45) is 0.202.